The molecule has 0 aliphatic carbocycles. The monoisotopic (exact) mass is 481 g/mol. The van der Waals surface area contributed by atoms with Crippen LogP contribution in [0.2, 0.25) is 5.02 Å². The molecule has 168 valence electrons. The van der Waals surface area contributed by atoms with Gasteiger partial charge in [-0.3, -0.25) is 15.0 Å². The molecular weight excluding hydrogens is 462 g/mol. The van der Waals surface area contributed by atoms with Gasteiger partial charge in [0.05, 0.1) is 17.0 Å². The number of hydrogen-bond donors (Lipinski definition) is 1. The van der Waals surface area contributed by atoms with Crippen LogP contribution in [0.4, 0.5) is 0 Å². The van der Waals surface area contributed by atoms with E-state index in [0.29, 0.717) is 26.8 Å². The van der Waals surface area contributed by atoms with E-state index in [2.05, 4.69) is 10.1 Å². The number of nitrogens with one attached hydrogen (secondary N) is 1. The minimum absolute atomic E-state index is 0.0118. The number of benzene rings is 1. The van der Waals surface area contributed by atoms with Crippen molar-refractivity contribution in [3.8, 4) is 11.3 Å². The van der Waals surface area contributed by atoms with Gasteiger partial charge in [-0.15, -0.1) is 0 Å². The van der Waals surface area contributed by atoms with Crippen molar-refractivity contribution in [3.05, 3.63) is 52.8 Å². The Morgan fingerprint density at radius 1 is 1.18 bits per heavy atom. The van der Waals surface area contributed by atoms with E-state index >= 15 is 0 Å². The summed E-state index contributed by atoms with van der Waals surface area (Å²) in [4.78, 5) is 31.1. The number of nitrogens with zero attached hydrogens (tertiary/aromatic N) is 4. The Morgan fingerprint density at radius 2 is 1.97 bits per heavy atom. The molecule has 5 rings (SSSR count). The Kier molecular flexibility index (Phi) is 5.90. The zero-order valence-corrected chi connectivity index (χ0v) is 19.2. The van der Waals surface area contributed by atoms with E-state index in [1.165, 1.54) is 11.1 Å². The first kappa shape index (κ1) is 21.7. The Bertz CT molecular complexity index is 1240. The SMILES string of the molecule is N=C1C(=Cc2ccc(-c3ccccc3Cl)o2)C(=O)N=C2SC(CC(=O)N3CCCCC3)=NN12. The summed E-state index contributed by atoms with van der Waals surface area (Å²) in [5.74, 6) is 0.312. The molecule has 0 bridgehead atoms. The summed E-state index contributed by atoms with van der Waals surface area (Å²) in [6.45, 7) is 1.53. The molecular formula is C23H20ClN5O3S. The minimum Gasteiger partial charge on any atom is -0.457 e. The third-order valence-corrected chi connectivity index (χ3v) is 6.80. The number of rotatable bonds is 4. The number of likely N-dealkylation sites (tertiary alicyclic amines) is 1. The third-order valence-electron chi connectivity index (χ3n) is 5.56. The smallest absolute Gasteiger partial charge is 0.283 e. The van der Waals surface area contributed by atoms with Crippen LogP contribution in [0.1, 0.15) is 31.4 Å². The van der Waals surface area contributed by atoms with Gasteiger partial charge in [0.2, 0.25) is 11.1 Å². The first-order valence-electron chi connectivity index (χ1n) is 10.6. The molecule has 0 atom stereocenters. The van der Waals surface area contributed by atoms with E-state index < -0.39 is 5.91 Å². The normalized spacial score (nSPS) is 19.6. The van der Waals surface area contributed by atoms with Crippen LogP contribution in [0, 0.1) is 5.41 Å². The molecule has 3 aliphatic rings. The summed E-state index contributed by atoms with van der Waals surface area (Å²) >= 11 is 7.39. The standard InChI is InChI=1S/C23H20ClN5O3S/c24-17-7-3-2-6-15(17)18-9-8-14(32-18)12-16-21(25)29-23(26-22(16)31)33-19(27-29)13-20(30)28-10-4-1-5-11-28/h2-3,6-9,12,25H,1,4-5,10-11,13H2. The van der Waals surface area contributed by atoms with Crippen molar-refractivity contribution in [1.82, 2.24) is 9.91 Å². The van der Waals surface area contributed by atoms with Crippen molar-refractivity contribution in [2.24, 2.45) is 10.1 Å². The van der Waals surface area contributed by atoms with Gasteiger partial charge in [-0.05, 0) is 61.4 Å². The highest BCUT2D eigenvalue weighted by molar-refractivity contribution is 8.27. The fraction of sp³-hybridized carbons (Fsp3) is 0.261. The lowest BCUT2D eigenvalue weighted by molar-refractivity contribution is -0.130. The molecule has 2 aromatic rings. The Hall–Kier alpha value is -3.17. The number of carbonyl (C=O) groups is 2. The largest absolute Gasteiger partial charge is 0.457 e. The van der Waals surface area contributed by atoms with Crippen molar-refractivity contribution >= 4 is 57.3 Å². The van der Waals surface area contributed by atoms with Gasteiger partial charge in [0.15, 0.2) is 5.84 Å². The molecule has 4 heterocycles. The van der Waals surface area contributed by atoms with Crippen LogP contribution in [0.3, 0.4) is 0 Å². The van der Waals surface area contributed by atoms with Gasteiger partial charge in [0.25, 0.3) is 5.91 Å². The highest BCUT2D eigenvalue weighted by Crippen LogP contribution is 2.32. The van der Waals surface area contributed by atoms with Crippen LogP contribution < -0.4 is 0 Å². The molecule has 3 aliphatic heterocycles. The van der Waals surface area contributed by atoms with E-state index in [4.69, 9.17) is 21.4 Å². The Morgan fingerprint density at radius 3 is 2.76 bits per heavy atom. The number of aliphatic imine (C=N–C) groups is 1. The molecule has 0 spiro atoms. The van der Waals surface area contributed by atoms with Crippen LogP contribution in [0.5, 0.6) is 0 Å². The maximum absolute atomic E-state index is 12.6. The van der Waals surface area contributed by atoms with Crippen LogP contribution >= 0.6 is 23.4 Å². The first-order valence-corrected chi connectivity index (χ1v) is 11.8. The molecule has 0 unspecified atom stereocenters. The fourth-order valence-corrected chi connectivity index (χ4v) is 4.97. The second-order valence-electron chi connectivity index (χ2n) is 7.81. The van der Waals surface area contributed by atoms with E-state index in [1.807, 2.05) is 23.1 Å². The number of piperidine rings is 1. The summed E-state index contributed by atoms with van der Waals surface area (Å²) < 4.78 is 5.83. The molecule has 8 nitrogen and oxygen atoms in total. The average Bonchev–Trinajstić information content (AvgIpc) is 3.44. The van der Waals surface area contributed by atoms with Gasteiger partial charge < -0.3 is 9.32 Å². The maximum atomic E-state index is 12.6. The molecule has 1 aromatic heterocycles. The number of carbonyl (C=O) groups excluding carboxylic acids is 2. The van der Waals surface area contributed by atoms with E-state index in [1.54, 1.807) is 18.2 Å². The second kappa shape index (κ2) is 8.99. The third kappa shape index (κ3) is 4.38. The zero-order valence-electron chi connectivity index (χ0n) is 17.6. The fourth-order valence-electron chi connectivity index (χ4n) is 3.87. The van der Waals surface area contributed by atoms with Gasteiger partial charge >= 0.3 is 0 Å². The van der Waals surface area contributed by atoms with Gasteiger partial charge in [-0.2, -0.15) is 15.1 Å². The summed E-state index contributed by atoms with van der Waals surface area (Å²) in [7, 11) is 0. The highest BCUT2D eigenvalue weighted by Gasteiger charge is 2.36. The maximum Gasteiger partial charge on any atom is 0.283 e. The average molecular weight is 482 g/mol. The van der Waals surface area contributed by atoms with Crippen LogP contribution in [0.15, 0.2) is 56.5 Å². The molecule has 1 saturated heterocycles. The Labute approximate surface area is 199 Å². The molecule has 1 aromatic carbocycles. The molecule has 0 saturated carbocycles. The quantitative estimate of drug-likeness (QED) is 0.642. The van der Waals surface area contributed by atoms with Gasteiger partial charge in [0.1, 0.15) is 16.6 Å². The number of thioether (sulfide) groups is 1. The van der Waals surface area contributed by atoms with E-state index in [0.717, 1.165) is 49.7 Å². The van der Waals surface area contributed by atoms with Crippen molar-refractivity contribution in [2.75, 3.05) is 13.1 Å². The molecule has 2 amide bonds. The van der Waals surface area contributed by atoms with E-state index in [9.17, 15) is 9.59 Å². The first-order chi connectivity index (χ1) is 16.0. The number of halogens is 1. The highest BCUT2D eigenvalue weighted by atomic mass is 35.5. The van der Waals surface area contributed by atoms with Gasteiger partial charge in [-0.25, -0.2) is 0 Å². The second-order valence-corrected chi connectivity index (χ2v) is 9.26. The van der Waals surface area contributed by atoms with Crippen LogP contribution in [-0.4, -0.2) is 50.9 Å². The number of hydrazone groups is 1. The summed E-state index contributed by atoms with van der Waals surface area (Å²) in [6, 6.07) is 10.8. The molecule has 33 heavy (non-hydrogen) atoms. The summed E-state index contributed by atoms with van der Waals surface area (Å²) in [5, 5.41) is 15.6. The number of amidine groups is 2. The summed E-state index contributed by atoms with van der Waals surface area (Å²) in [5.41, 5.74) is 0.796. The van der Waals surface area contributed by atoms with Crippen molar-refractivity contribution in [1.29, 1.82) is 5.41 Å². The predicted octanol–water partition coefficient (Wildman–Crippen LogP) is 4.62. The van der Waals surface area contributed by atoms with Crippen LogP contribution in [0.25, 0.3) is 17.4 Å². The molecule has 10 heteroatoms. The minimum atomic E-state index is -0.548. The van der Waals surface area contributed by atoms with Crippen LogP contribution in [-0.2, 0) is 9.59 Å². The number of hydrogen-bond acceptors (Lipinski definition) is 6. The zero-order chi connectivity index (χ0) is 22.9. The number of fused-ring (bicyclic) bond motifs is 1. The van der Waals surface area contributed by atoms with Crippen molar-refractivity contribution in [2.45, 2.75) is 25.7 Å². The lowest BCUT2D eigenvalue weighted by atomic mass is 10.1. The van der Waals surface area contributed by atoms with Gasteiger partial charge in [-0.1, -0.05) is 23.7 Å². The lowest BCUT2D eigenvalue weighted by Gasteiger charge is -2.26. The van der Waals surface area contributed by atoms with Gasteiger partial charge in [0, 0.05) is 18.7 Å². The summed E-state index contributed by atoms with van der Waals surface area (Å²) in [6.07, 6.45) is 4.79. The predicted molar refractivity (Wildman–Crippen MR) is 129 cm³/mol. The lowest BCUT2D eigenvalue weighted by Crippen LogP contribution is -2.36. The topological polar surface area (TPSA) is 102 Å². The molecule has 0 radical (unpaired) electrons. The Balaban J connectivity index is 1.34. The number of amides is 2. The van der Waals surface area contributed by atoms with Crippen molar-refractivity contribution in [3.63, 3.8) is 0 Å². The van der Waals surface area contributed by atoms with Crippen molar-refractivity contribution < 1.29 is 14.0 Å². The molecule has 1 N–H and O–H groups in total. The van der Waals surface area contributed by atoms with E-state index in [-0.39, 0.29) is 23.7 Å². The number of furan rings is 1. The molecule has 1 fully saturated rings.